The standard InChI is InChI=1S/C15H20FN/c1-17(2)15-12-7-6-11(8-12)14(15)10-4-3-5-13(16)9-10/h3-5,9,11-12,14-15H,6-8H2,1-2H3. The van der Waals surface area contributed by atoms with Gasteiger partial charge in [0.05, 0.1) is 0 Å². The summed E-state index contributed by atoms with van der Waals surface area (Å²) in [7, 11) is 4.33. The number of nitrogens with zero attached hydrogens (tertiary/aromatic N) is 1. The van der Waals surface area contributed by atoms with Crippen molar-refractivity contribution in [2.24, 2.45) is 11.8 Å². The first kappa shape index (κ1) is 11.2. The minimum atomic E-state index is -0.0946. The van der Waals surface area contributed by atoms with Gasteiger partial charge in [-0.2, -0.15) is 0 Å². The fourth-order valence-corrected chi connectivity index (χ4v) is 4.19. The van der Waals surface area contributed by atoms with Crippen LogP contribution in [0.4, 0.5) is 4.39 Å². The average molecular weight is 233 g/mol. The van der Waals surface area contributed by atoms with Gasteiger partial charge in [-0.3, -0.25) is 0 Å². The maximum atomic E-state index is 13.4. The highest BCUT2D eigenvalue weighted by molar-refractivity contribution is 5.27. The Hall–Kier alpha value is -0.890. The highest BCUT2D eigenvalue weighted by Crippen LogP contribution is 2.54. The van der Waals surface area contributed by atoms with Crippen molar-refractivity contribution >= 4 is 0 Å². The third kappa shape index (κ3) is 1.79. The molecule has 4 atom stereocenters. The zero-order valence-electron chi connectivity index (χ0n) is 10.6. The van der Waals surface area contributed by atoms with Crippen LogP contribution in [-0.2, 0) is 0 Å². The normalized spacial score (nSPS) is 35.8. The van der Waals surface area contributed by atoms with Gasteiger partial charge >= 0.3 is 0 Å². The SMILES string of the molecule is CN(C)C1C2CCC(C2)C1c1cccc(F)c1. The number of benzene rings is 1. The van der Waals surface area contributed by atoms with Crippen LogP contribution in [0.3, 0.4) is 0 Å². The van der Waals surface area contributed by atoms with E-state index in [9.17, 15) is 4.39 Å². The fraction of sp³-hybridized carbons (Fsp3) is 0.600. The molecule has 1 nitrogen and oxygen atoms in total. The minimum absolute atomic E-state index is 0.0946. The van der Waals surface area contributed by atoms with Gasteiger partial charge in [0.15, 0.2) is 0 Å². The molecule has 3 rings (SSSR count). The Bertz CT molecular complexity index is 415. The van der Waals surface area contributed by atoms with E-state index in [4.69, 9.17) is 0 Å². The van der Waals surface area contributed by atoms with Gasteiger partial charge in [-0.1, -0.05) is 12.1 Å². The third-order valence-electron chi connectivity index (χ3n) is 4.70. The molecule has 2 aliphatic carbocycles. The predicted octanol–water partition coefficient (Wildman–Crippen LogP) is 3.27. The van der Waals surface area contributed by atoms with Crippen molar-refractivity contribution in [2.45, 2.75) is 31.2 Å². The van der Waals surface area contributed by atoms with Crippen LogP contribution in [0.1, 0.15) is 30.7 Å². The predicted molar refractivity (Wildman–Crippen MR) is 67.4 cm³/mol. The maximum Gasteiger partial charge on any atom is 0.123 e. The van der Waals surface area contributed by atoms with Crippen molar-refractivity contribution in [3.05, 3.63) is 35.6 Å². The van der Waals surface area contributed by atoms with E-state index in [0.29, 0.717) is 12.0 Å². The molecule has 0 N–H and O–H groups in total. The summed E-state index contributed by atoms with van der Waals surface area (Å²) in [6, 6.07) is 7.84. The summed E-state index contributed by atoms with van der Waals surface area (Å²) in [5.74, 6) is 2.04. The smallest absolute Gasteiger partial charge is 0.123 e. The molecule has 2 heteroatoms. The lowest BCUT2D eigenvalue weighted by Crippen LogP contribution is -2.38. The van der Waals surface area contributed by atoms with Gasteiger partial charge in [0.25, 0.3) is 0 Å². The van der Waals surface area contributed by atoms with E-state index in [0.717, 1.165) is 11.8 Å². The van der Waals surface area contributed by atoms with Crippen LogP contribution in [0.5, 0.6) is 0 Å². The molecule has 4 unspecified atom stereocenters. The summed E-state index contributed by atoms with van der Waals surface area (Å²) in [6.45, 7) is 0. The second-order valence-electron chi connectivity index (χ2n) is 5.87. The second kappa shape index (κ2) is 4.09. The molecule has 0 spiro atoms. The Balaban J connectivity index is 1.95. The van der Waals surface area contributed by atoms with E-state index in [1.165, 1.54) is 24.8 Å². The first-order valence-electron chi connectivity index (χ1n) is 6.58. The zero-order valence-corrected chi connectivity index (χ0v) is 10.6. The van der Waals surface area contributed by atoms with Gasteiger partial charge in [-0.15, -0.1) is 0 Å². The molecular formula is C15H20FN. The molecule has 2 bridgehead atoms. The maximum absolute atomic E-state index is 13.4. The summed E-state index contributed by atoms with van der Waals surface area (Å²) in [6.07, 6.45) is 4.03. The first-order valence-corrected chi connectivity index (χ1v) is 6.58. The van der Waals surface area contributed by atoms with Crippen LogP contribution in [0.25, 0.3) is 0 Å². The second-order valence-corrected chi connectivity index (χ2v) is 5.87. The van der Waals surface area contributed by atoms with E-state index in [1.807, 2.05) is 6.07 Å². The number of hydrogen-bond acceptors (Lipinski definition) is 1. The quantitative estimate of drug-likeness (QED) is 0.758. The Kier molecular flexibility index (Phi) is 2.70. The summed E-state index contributed by atoms with van der Waals surface area (Å²) in [5.41, 5.74) is 1.20. The molecule has 0 heterocycles. The molecular weight excluding hydrogens is 213 g/mol. The molecule has 1 aromatic rings. The monoisotopic (exact) mass is 233 g/mol. The summed E-state index contributed by atoms with van der Waals surface area (Å²) in [5, 5.41) is 0. The van der Waals surface area contributed by atoms with Crippen LogP contribution < -0.4 is 0 Å². The third-order valence-corrected chi connectivity index (χ3v) is 4.70. The van der Waals surface area contributed by atoms with Crippen molar-refractivity contribution in [2.75, 3.05) is 14.1 Å². The van der Waals surface area contributed by atoms with Gasteiger partial charge in [0.2, 0.25) is 0 Å². The molecule has 0 aromatic heterocycles. The zero-order chi connectivity index (χ0) is 12.0. The molecule has 0 aliphatic heterocycles. The summed E-state index contributed by atoms with van der Waals surface area (Å²) < 4.78 is 13.4. The molecule has 0 amide bonds. The topological polar surface area (TPSA) is 3.24 Å². The molecule has 92 valence electrons. The molecule has 2 fully saturated rings. The van der Waals surface area contributed by atoms with E-state index in [2.05, 4.69) is 25.1 Å². The Morgan fingerprint density at radius 2 is 1.94 bits per heavy atom. The molecule has 2 saturated carbocycles. The van der Waals surface area contributed by atoms with Crippen molar-refractivity contribution < 1.29 is 4.39 Å². The molecule has 17 heavy (non-hydrogen) atoms. The van der Waals surface area contributed by atoms with Gasteiger partial charge in [0.1, 0.15) is 5.82 Å². The lowest BCUT2D eigenvalue weighted by molar-refractivity contribution is 0.185. The van der Waals surface area contributed by atoms with Crippen LogP contribution >= 0.6 is 0 Å². The molecule has 0 radical (unpaired) electrons. The minimum Gasteiger partial charge on any atom is -0.306 e. The van der Waals surface area contributed by atoms with Crippen LogP contribution in [0.15, 0.2) is 24.3 Å². The highest BCUT2D eigenvalue weighted by atomic mass is 19.1. The largest absolute Gasteiger partial charge is 0.306 e. The van der Waals surface area contributed by atoms with Gasteiger partial charge in [-0.05, 0) is 62.9 Å². The summed E-state index contributed by atoms with van der Waals surface area (Å²) >= 11 is 0. The number of likely N-dealkylation sites (N-methyl/N-ethyl adjacent to an activating group) is 1. The van der Waals surface area contributed by atoms with Crippen molar-refractivity contribution in [1.29, 1.82) is 0 Å². The Morgan fingerprint density at radius 3 is 2.65 bits per heavy atom. The van der Waals surface area contributed by atoms with Crippen molar-refractivity contribution in [3.8, 4) is 0 Å². The number of hydrogen-bond donors (Lipinski definition) is 0. The van der Waals surface area contributed by atoms with Crippen LogP contribution in [-0.4, -0.2) is 25.0 Å². The van der Waals surface area contributed by atoms with E-state index in [1.54, 1.807) is 12.1 Å². The highest BCUT2D eigenvalue weighted by Gasteiger charge is 2.48. The Morgan fingerprint density at radius 1 is 1.18 bits per heavy atom. The molecule has 1 aromatic carbocycles. The first-order chi connectivity index (χ1) is 8.16. The van der Waals surface area contributed by atoms with E-state index in [-0.39, 0.29) is 5.82 Å². The number of rotatable bonds is 2. The molecule has 2 aliphatic rings. The van der Waals surface area contributed by atoms with Gasteiger partial charge < -0.3 is 4.90 Å². The van der Waals surface area contributed by atoms with Crippen LogP contribution in [0.2, 0.25) is 0 Å². The lowest BCUT2D eigenvalue weighted by Gasteiger charge is -2.36. The van der Waals surface area contributed by atoms with Gasteiger partial charge in [-0.25, -0.2) is 4.39 Å². The summed E-state index contributed by atoms with van der Waals surface area (Å²) in [4.78, 5) is 2.35. The van der Waals surface area contributed by atoms with Crippen molar-refractivity contribution in [3.63, 3.8) is 0 Å². The average Bonchev–Trinajstić information content (AvgIpc) is 2.88. The van der Waals surface area contributed by atoms with E-state index >= 15 is 0 Å². The number of halogens is 1. The van der Waals surface area contributed by atoms with Gasteiger partial charge in [0, 0.05) is 12.0 Å². The van der Waals surface area contributed by atoms with E-state index < -0.39 is 0 Å². The Labute approximate surface area is 103 Å². The lowest BCUT2D eigenvalue weighted by atomic mass is 9.79. The number of fused-ring (bicyclic) bond motifs is 2. The fourth-order valence-electron chi connectivity index (χ4n) is 4.19. The van der Waals surface area contributed by atoms with Crippen LogP contribution in [0, 0.1) is 17.7 Å². The van der Waals surface area contributed by atoms with Crippen molar-refractivity contribution in [1.82, 2.24) is 4.90 Å². The molecule has 0 saturated heterocycles.